The van der Waals surface area contributed by atoms with Gasteiger partial charge in [0.25, 0.3) is 5.91 Å². The summed E-state index contributed by atoms with van der Waals surface area (Å²) in [5, 5.41) is 5.04. The molecule has 4 nitrogen and oxygen atoms in total. The quantitative estimate of drug-likeness (QED) is 0.889. The summed E-state index contributed by atoms with van der Waals surface area (Å²) < 4.78 is 10.8. The lowest BCUT2D eigenvalue weighted by Crippen LogP contribution is -2.38. The van der Waals surface area contributed by atoms with Gasteiger partial charge in [0.1, 0.15) is 11.5 Å². The van der Waals surface area contributed by atoms with Gasteiger partial charge >= 0.3 is 0 Å². The van der Waals surface area contributed by atoms with Gasteiger partial charge in [-0.2, -0.15) is 0 Å². The normalized spacial score (nSPS) is 12.2. The number of nitrogens with one attached hydrogen (secondary N) is 1. The maximum atomic E-state index is 11.8. The van der Waals surface area contributed by atoms with Crippen LogP contribution in [0.3, 0.4) is 0 Å². The maximum absolute atomic E-state index is 11.8. The molecule has 0 fully saturated rings. The third kappa shape index (κ3) is 4.13. The van der Waals surface area contributed by atoms with Crippen LogP contribution in [0.25, 0.3) is 10.8 Å². The third-order valence-electron chi connectivity index (χ3n) is 3.78. The lowest BCUT2D eigenvalue weighted by molar-refractivity contribution is -0.124. The highest BCUT2D eigenvalue weighted by Crippen LogP contribution is 2.24. The molecule has 0 heterocycles. The number of benzene rings is 2. The Hall–Kier alpha value is -2.23. The van der Waals surface area contributed by atoms with Crippen molar-refractivity contribution in [2.24, 2.45) is 5.92 Å². The van der Waals surface area contributed by atoms with Gasteiger partial charge in [-0.3, -0.25) is 4.79 Å². The first kappa shape index (κ1) is 16.1. The van der Waals surface area contributed by atoms with Crippen LogP contribution in [0, 0.1) is 5.92 Å². The van der Waals surface area contributed by atoms with E-state index >= 15 is 0 Å². The lowest BCUT2D eigenvalue weighted by Gasteiger charge is -2.17. The Balaban J connectivity index is 2.01. The zero-order chi connectivity index (χ0) is 16.1. The van der Waals surface area contributed by atoms with Crippen molar-refractivity contribution in [2.45, 2.75) is 26.8 Å². The summed E-state index contributed by atoms with van der Waals surface area (Å²) in [6.07, 6.45) is 0. The highest BCUT2D eigenvalue weighted by molar-refractivity contribution is 5.85. The average molecular weight is 301 g/mol. The van der Waals surface area contributed by atoms with Gasteiger partial charge in [0, 0.05) is 6.04 Å². The van der Waals surface area contributed by atoms with Crippen molar-refractivity contribution in [1.82, 2.24) is 5.32 Å². The summed E-state index contributed by atoms with van der Waals surface area (Å²) in [5.41, 5.74) is 0. The SMILES string of the molecule is COc1ccc2ccc(OCC(=O)N[C@H](C)C(C)C)cc2c1. The molecule has 4 heteroatoms. The second-order valence-corrected chi connectivity index (χ2v) is 5.76. The molecule has 0 aromatic heterocycles. The van der Waals surface area contributed by atoms with E-state index in [1.807, 2.05) is 43.3 Å². The van der Waals surface area contributed by atoms with Crippen LogP contribution in [0.15, 0.2) is 36.4 Å². The molecule has 1 N–H and O–H groups in total. The standard InChI is InChI=1S/C18H23NO3/c1-12(2)13(3)19-18(20)11-22-17-8-6-14-5-7-16(21-4)9-15(14)10-17/h5-10,12-13H,11H2,1-4H3,(H,19,20)/t13-/m1/s1. The van der Waals surface area contributed by atoms with Crippen molar-refractivity contribution in [3.05, 3.63) is 36.4 Å². The van der Waals surface area contributed by atoms with Gasteiger partial charge in [-0.1, -0.05) is 26.0 Å². The second-order valence-electron chi connectivity index (χ2n) is 5.76. The molecule has 0 saturated heterocycles. The van der Waals surface area contributed by atoms with Crippen molar-refractivity contribution < 1.29 is 14.3 Å². The molecular formula is C18H23NO3. The highest BCUT2D eigenvalue weighted by atomic mass is 16.5. The van der Waals surface area contributed by atoms with Crippen molar-refractivity contribution in [3.63, 3.8) is 0 Å². The number of hydrogen-bond acceptors (Lipinski definition) is 3. The van der Waals surface area contributed by atoms with Crippen LogP contribution in [0.4, 0.5) is 0 Å². The van der Waals surface area contributed by atoms with Crippen LogP contribution in [0.5, 0.6) is 11.5 Å². The third-order valence-corrected chi connectivity index (χ3v) is 3.78. The van der Waals surface area contributed by atoms with E-state index in [-0.39, 0.29) is 18.6 Å². The summed E-state index contributed by atoms with van der Waals surface area (Å²) in [7, 11) is 1.64. The Labute approximate surface area is 131 Å². The minimum Gasteiger partial charge on any atom is -0.497 e. The molecule has 1 amide bonds. The Morgan fingerprint density at radius 3 is 2.32 bits per heavy atom. The fourth-order valence-corrected chi connectivity index (χ4v) is 2.03. The predicted octanol–water partition coefficient (Wildman–Crippen LogP) is 3.39. The molecule has 118 valence electrons. The molecule has 0 spiro atoms. The largest absolute Gasteiger partial charge is 0.497 e. The molecule has 0 saturated carbocycles. The molecular weight excluding hydrogens is 278 g/mol. The first-order valence-electron chi connectivity index (χ1n) is 7.49. The number of methoxy groups -OCH3 is 1. The average Bonchev–Trinajstić information content (AvgIpc) is 2.51. The Kier molecular flexibility index (Phi) is 5.26. The van der Waals surface area contributed by atoms with Crippen molar-refractivity contribution in [2.75, 3.05) is 13.7 Å². The van der Waals surface area contributed by atoms with E-state index < -0.39 is 0 Å². The van der Waals surface area contributed by atoms with E-state index in [9.17, 15) is 4.79 Å². The van der Waals surface area contributed by atoms with Crippen molar-refractivity contribution in [1.29, 1.82) is 0 Å². The number of hydrogen-bond donors (Lipinski definition) is 1. The van der Waals surface area contributed by atoms with Gasteiger partial charge in [-0.15, -0.1) is 0 Å². The van der Waals surface area contributed by atoms with Crippen LogP contribution >= 0.6 is 0 Å². The second kappa shape index (κ2) is 7.16. The van der Waals surface area contributed by atoms with Gasteiger partial charge in [-0.05, 0) is 47.9 Å². The van der Waals surface area contributed by atoms with Crippen LogP contribution in [-0.2, 0) is 4.79 Å². The smallest absolute Gasteiger partial charge is 0.258 e. The van der Waals surface area contributed by atoms with Gasteiger partial charge < -0.3 is 14.8 Å². The van der Waals surface area contributed by atoms with Crippen LogP contribution < -0.4 is 14.8 Å². The topological polar surface area (TPSA) is 47.6 Å². The van der Waals surface area contributed by atoms with E-state index in [0.717, 1.165) is 16.5 Å². The van der Waals surface area contributed by atoms with E-state index in [0.29, 0.717) is 11.7 Å². The fourth-order valence-electron chi connectivity index (χ4n) is 2.03. The van der Waals surface area contributed by atoms with E-state index in [2.05, 4.69) is 19.2 Å². The molecule has 1 atom stereocenters. The molecule has 0 aliphatic rings. The minimum absolute atomic E-state index is 0.0204. The number of carbonyl (C=O) groups is 1. The molecule has 0 unspecified atom stereocenters. The summed E-state index contributed by atoms with van der Waals surface area (Å²) in [5.74, 6) is 1.77. The van der Waals surface area contributed by atoms with Crippen molar-refractivity contribution >= 4 is 16.7 Å². The molecule has 22 heavy (non-hydrogen) atoms. The summed E-state index contributed by atoms with van der Waals surface area (Å²) >= 11 is 0. The highest BCUT2D eigenvalue weighted by Gasteiger charge is 2.11. The van der Waals surface area contributed by atoms with Crippen LogP contribution in [-0.4, -0.2) is 25.7 Å². The Bertz CT molecular complexity index is 652. The molecule has 0 bridgehead atoms. The van der Waals surface area contributed by atoms with Gasteiger partial charge in [-0.25, -0.2) is 0 Å². The Morgan fingerprint density at radius 1 is 1.05 bits per heavy atom. The van der Waals surface area contributed by atoms with Gasteiger partial charge in [0.2, 0.25) is 0 Å². The number of ether oxygens (including phenoxy) is 2. The number of fused-ring (bicyclic) bond motifs is 1. The molecule has 0 radical (unpaired) electrons. The molecule has 2 aromatic carbocycles. The fraction of sp³-hybridized carbons (Fsp3) is 0.389. The molecule has 2 rings (SSSR count). The number of amides is 1. The van der Waals surface area contributed by atoms with Crippen LogP contribution in [0.1, 0.15) is 20.8 Å². The number of rotatable bonds is 6. The molecule has 0 aliphatic carbocycles. The summed E-state index contributed by atoms with van der Waals surface area (Å²) in [4.78, 5) is 11.8. The zero-order valence-corrected chi connectivity index (χ0v) is 13.6. The summed E-state index contributed by atoms with van der Waals surface area (Å²) in [6.45, 7) is 6.16. The van der Waals surface area contributed by atoms with E-state index in [4.69, 9.17) is 9.47 Å². The molecule has 0 aliphatic heterocycles. The minimum atomic E-state index is -0.105. The maximum Gasteiger partial charge on any atom is 0.258 e. The summed E-state index contributed by atoms with van der Waals surface area (Å²) in [6, 6.07) is 11.8. The Morgan fingerprint density at radius 2 is 1.68 bits per heavy atom. The van der Waals surface area contributed by atoms with Gasteiger partial charge in [0.15, 0.2) is 6.61 Å². The molecule has 2 aromatic rings. The van der Waals surface area contributed by atoms with Crippen molar-refractivity contribution in [3.8, 4) is 11.5 Å². The van der Waals surface area contributed by atoms with E-state index in [1.165, 1.54) is 0 Å². The first-order chi connectivity index (χ1) is 10.5. The number of carbonyl (C=O) groups excluding carboxylic acids is 1. The zero-order valence-electron chi connectivity index (χ0n) is 13.6. The predicted molar refractivity (Wildman–Crippen MR) is 88.4 cm³/mol. The van der Waals surface area contributed by atoms with E-state index in [1.54, 1.807) is 7.11 Å². The monoisotopic (exact) mass is 301 g/mol. The van der Waals surface area contributed by atoms with Gasteiger partial charge in [0.05, 0.1) is 7.11 Å². The first-order valence-corrected chi connectivity index (χ1v) is 7.49. The van der Waals surface area contributed by atoms with Crippen LogP contribution in [0.2, 0.25) is 0 Å². The lowest BCUT2D eigenvalue weighted by atomic mass is 10.1.